The zero-order valence-corrected chi connectivity index (χ0v) is 10.9. The third-order valence-electron chi connectivity index (χ3n) is 3.72. The Balaban J connectivity index is 1.83. The fourth-order valence-electron chi connectivity index (χ4n) is 2.79. The molecule has 0 aromatic heterocycles. The summed E-state index contributed by atoms with van der Waals surface area (Å²) in [5.41, 5.74) is 6.81. The number of halogens is 1. The summed E-state index contributed by atoms with van der Waals surface area (Å²) in [5, 5.41) is 0. The van der Waals surface area contributed by atoms with Gasteiger partial charge in [-0.3, -0.25) is 0 Å². The van der Waals surface area contributed by atoms with Crippen molar-refractivity contribution in [2.75, 3.05) is 26.2 Å². The molecule has 1 heterocycles. The zero-order chi connectivity index (χ0) is 12.8. The van der Waals surface area contributed by atoms with Crippen molar-refractivity contribution in [1.82, 2.24) is 4.90 Å². The lowest BCUT2D eigenvalue weighted by Crippen LogP contribution is -2.37. The standard InChI is InChI=1S/C15H23FN2/c16-15-6-4-13(5-7-15)11-14-3-1-9-18(12-14)10-2-8-17/h4-7,14H,1-3,8-12,17H2. The number of nitrogens with zero attached hydrogens (tertiary/aromatic N) is 1. The van der Waals surface area contributed by atoms with Gasteiger partial charge in [0.15, 0.2) is 0 Å². The molecule has 2 N–H and O–H groups in total. The molecule has 1 aliphatic heterocycles. The summed E-state index contributed by atoms with van der Waals surface area (Å²) in [6.45, 7) is 4.27. The van der Waals surface area contributed by atoms with E-state index in [1.54, 1.807) is 12.1 Å². The van der Waals surface area contributed by atoms with Crippen LogP contribution in [0.15, 0.2) is 24.3 Å². The Kier molecular flexibility index (Phi) is 5.14. The van der Waals surface area contributed by atoms with Crippen molar-refractivity contribution in [3.63, 3.8) is 0 Å². The monoisotopic (exact) mass is 250 g/mol. The van der Waals surface area contributed by atoms with E-state index < -0.39 is 0 Å². The normalized spacial score (nSPS) is 21.1. The Morgan fingerprint density at radius 2 is 2.06 bits per heavy atom. The molecule has 1 saturated heterocycles. The fraction of sp³-hybridized carbons (Fsp3) is 0.600. The Hall–Kier alpha value is -0.930. The van der Waals surface area contributed by atoms with Crippen molar-refractivity contribution in [2.24, 2.45) is 11.7 Å². The van der Waals surface area contributed by atoms with Crippen LogP contribution in [0.4, 0.5) is 4.39 Å². The molecule has 18 heavy (non-hydrogen) atoms. The van der Waals surface area contributed by atoms with Gasteiger partial charge in [0.25, 0.3) is 0 Å². The molecule has 1 aliphatic rings. The van der Waals surface area contributed by atoms with Crippen LogP contribution in [0.5, 0.6) is 0 Å². The summed E-state index contributed by atoms with van der Waals surface area (Å²) in [4.78, 5) is 2.52. The van der Waals surface area contributed by atoms with Crippen LogP contribution >= 0.6 is 0 Å². The molecule has 0 saturated carbocycles. The second-order valence-electron chi connectivity index (χ2n) is 5.28. The largest absolute Gasteiger partial charge is 0.330 e. The molecular formula is C15H23FN2. The van der Waals surface area contributed by atoms with Crippen LogP contribution in [-0.4, -0.2) is 31.1 Å². The highest BCUT2D eigenvalue weighted by molar-refractivity contribution is 5.16. The quantitative estimate of drug-likeness (QED) is 0.869. The molecule has 0 amide bonds. The van der Waals surface area contributed by atoms with E-state index in [0.29, 0.717) is 5.92 Å². The first-order valence-corrected chi connectivity index (χ1v) is 6.95. The minimum atomic E-state index is -0.146. The smallest absolute Gasteiger partial charge is 0.123 e. The Morgan fingerprint density at radius 1 is 1.28 bits per heavy atom. The first-order valence-electron chi connectivity index (χ1n) is 6.95. The Labute approximate surface area is 109 Å². The predicted molar refractivity (Wildman–Crippen MR) is 72.9 cm³/mol. The molecule has 1 aromatic carbocycles. The van der Waals surface area contributed by atoms with Crippen molar-refractivity contribution in [3.8, 4) is 0 Å². The van der Waals surface area contributed by atoms with E-state index in [1.807, 2.05) is 12.1 Å². The van der Waals surface area contributed by atoms with Crippen LogP contribution in [0, 0.1) is 11.7 Å². The van der Waals surface area contributed by atoms with Crippen molar-refractivity contribution in [2.45, 2.75) is 25.7 Å². The van der Waals surface area contributed by atoms with Gasteiger partial charge >= 0.3 is 0 Å². The molecule has 0 aliphatic carbocycles. The molecular weight excluding hydrogens is 227 g/mol. The lowest BCUT2D eigenvalue weighted by atomic mass is 9.91. The van der Waals surface area contributed by atoms with Gasteiger partial charge in [-0.15, -0.1) is 0 Å². The molecule has 1 atom stereocenters. The average Bonchev–Trinajstić information content (AvgIpc) is 2.40. The number of benzene rings is 1. The number of likely N-dealkylation sites (tertiary alicyclic amines) is 1. The molecule has 1 fully saturated rings. The van der Waals surface area contributed by atoms with Gasteiger partial charge in [-0.2, -0.15) is 0 Å². The lowest BCUT2D eigenvalue weighted by Gasteiger charge is -2.32. The topological polar surface area (TPSA) is 29.3 Å². The molecule has 1 aromatic rings. The van der Waals surface area contributed by atoms with Crippen LogP contribution in [0.2, 0.25) is 0 Å². The number of hydrogen-bond donors (Lipinski definition) is 1. The summed E-state index contributed by atoms with van der Waals surface area (Å²) in [5.74, 6) is 0.564. The molecule has 0 radical (unpaired) electrons. The van der Waals surface area contributed by atoms with Crippen molar-refractivity contribution in [1.29, 1.82) is 0 Å². The van der Waals surface area contributed by atoms with Crippen molar-refractivity contribution in [3.05, 3.63) is 35.6 Å². The maximum absolute atomic E-state index is 12.8. The third kappa shape index (κ3) is 4.07. The van der Waals surface area contributed by atoms with E-state index in [1.165, 1.54) is 24.9 Å². The summed E-state index contributed by atoms with van der Waals surface area (Å²) in [6.07, 6.45) is 4.72. The van der Waals surface area contributed by atoms with Crippen molar-refractivity contribution < 1.29 is 4.39 Å². The average molecular weight is 250 g/mol. The lowest BCUT2D eigenvalue weighted by molar-refractivity contribution is 0.173. The van der Waals surface area contributed by atoms with Gasteiger partial charge in [0.05, 0.1) is 0 Å². The first kappa shape index (κ1) is 13.5. The number of piperidine rings is 1. The van der Waals surface area contributed by atoms with E-state index in [4.69, 9.17) is 5.73 Å². The highest BCUT2D eigenvalue weighted by Gasteiger charge is 2.19. The van der Waals surface area contributed by atoms with Gasteiger partial charge in [-0.25, -0.2) is 4.39 Å². The highest BCUT2D eigenvalue weighted by Crippen LogP contribution is 2.21. The van der Waals surface area contributed by atoms with Gasteiger partial charge in [0.1, 0.15) is 5.82 Å². The third-order valence-corrected chi connectivity index (χ3v) is 3.72. The predicted octanol–water partition coefficient (Wildman–Crippen LogP) is 2.43. The van der Waals surface area contributed by atoms with E-state index >= 15 is 0 Å². The number of hydrogen-bond acceptors (Lipinski definition) is 2. The Morgan fingerprint density at radius 3 is 2.78 bits per heavy atom. The second kappa shape index (κ2) is 6.86. The van der Waals surface area contributed by atoms with E-state index in [9.17, 15) is 4.39 Å². The van der Waals surface area contributed by atoms with Gasteiger partial charge in [0, 0.05) is 6.54 Å². The van der Waals surface area contributed by atoms with Crippen LogP contribution < -0.4 is 5.73 Å². The number of nitrogens with two attached hydrogens (primary N) is 1. The van der Waals surface area contributed by atoms with Gasteiger partial charge in [0.2, 0.25) is 0 Å². The fourth-order valence-corrected chi connectivity index (χ4v) is 2.79. The molecule has 3 heteroatoms. The molecule has 2 rings (SSSR count). The Bertz CT molecular complexity index is 350. The highest BCUT2D eigenvalue weighted by atomic mass is 19.1. The molecule has 0 spiro atoms. The van der Waals surface area contributed by atoms with Crippen LogP contribution in [-0.2, 0) is 6.42 Å². The van der Waals surface area contributed by atoms with Gasteiger partial charge in [-0.1, -0.05) is 12.1 Å². The maximum Gasteiger partial charge on any atom is 0.123 e. The van der Waals surface area contributed by atoms with Gasteiger partial charge < -0.3 is 10.6 Å². The van der Waals surface area contributed by atoms with E-state index in [-0.39, 0.29) is 5.82 Å². The van der Waals surface area contributed by atoms with E-state index in [2.05, 4.69) is 4.90 Å². The summed E-state index contributed by atoms with van der Waals surface area (Å²) in [7, 11) is 0. The minimum absolute atomic E-state index is 0.146. The summed E-state index contributed by atoms with van der Waals surface area (Å²) < 4.78 is 12.8. The summed E-state index contributed by atoms with van der Waals surface area (Å²) >= 11 is 0. The maximum atomic E-state index is 12.8. The molecule has 100 valence electrons. The summed E-state index contributed by atoms with van der Waals surface area (Å²) in [6, 6.07) is 6.94. The zero-order valence-electron chi connectivity index (χ0n) is 10.9. The van der Waals surface area contributed by atoms with E-state index in [0.717, 1.165) is 32.5 Å². The minimum Gasteiger partial charge on any atom is -0.330 e. The van der Waals surface area contributed by atoms with Crippen LogP contribution in [0.25, 0.3) is 0 Å². The second-order valence-corrected chi connectivity index (χ2v) is 5.28. The molecule has 2 nitrogen and oxygen atoms in total. The van der Waals surface area contributed by atoms with Crippen LogP contribution in [0.3, 0.4) is 0 Å². The first-order chi connectivity index (χ1) is 8.78. The van der Waals surface area contributed by atoms with Crippen molar-refractivity contribution >= 4 is 0 Å². The van der Waals surface area contributed by atoms with Crippen LogP contribution in [0.1, 0.15) is 24.8 Å². The molecule has 1 unspecified atom stereocenters. The number of rotatable bonds is 5. The van der Waals surface area contributed by atoms with Gasteiger partial charge in [-0.05, 0) is 68.9 Å². The SMILES string of the molecule is NCCCN1CCCC(Cc2ccc(F)cc2)C1. The molecule has 0 bridgehead atoms.